The van der Waals surface area contributed by atoms with Crippen LogP contribution in [0.15, 0.2) is 29.4 Å². The van der Waals surface area contributed by atoms with Gasteiger partial charge in [0.05, 0.1) is 35.1 Å². The predicted octanol–water partition coefficient (Wildman–Crippen LogP) is 3.48. The Kier molecular flexibility index (Phi) is 4.96. The van der Waals surface area contributed by atoms with Gasteiger partial charge in [0.1, 0.15) is 10.0 Å². The van der Waals surface area contributed by atoms with Gasteiger partial charge < -0.3 is 9.67 Å². The van der Waals surface area contributed by atoms with Crippen molar-refractivity contribution in [1.82, 2.24) is 14.3 Å². The fourth-order valence-corrected chi connectivity index (χ4v) is 4.87. The van der Waals surface area contributed by atoms with E-state index in [0.29, 0.717) is 5.69 Å². The molecule has 0 aliphatic carbocycles. The first kappa shape index (κ1) is 20.3. The summed E-state index contributed by atoms with van der Waals surface area (Å²) in [6.45, 7) is 5.22. The van der Waals surface area contributed by atoms with E-state index in [1.54, 1.807) is 19.9 Å². The zero-order valence-electron chi connectivity index (χ0n) is 16.1. The predicted molar refractivity (Wildman–Crippen MR) is 112 cm³/mol. The lowest BCUT2D eigenvalue weighted by atomic mass is 10.1. The first-order valence-corrected chi connectivity index (χ1v) is 10.4. The number of aromatic nitrogens is 3. The highest BCUT2D eigenvalue weighted by Crippen LogP contribution is 2.33. The van der Waals surface area contributed by atoms with Gasteiger partial charge in [0.25, 0.3) is 0 Å². The molecular weight excluding hydrogens is 398 g/mol. The first-order valence-electron chi connectivity index (χ1n) is 8.50. The fraction of sp³-hybridized carbons (Fsp3) is 0.316. The molecule has 28 heavy (non-hydrogen) atoms. The maximum absolute atomic E-state index is 13.2. The molecule has 3 rings (SSSR count). The molecule has 0 spiro atoms. The van der Waals surface area contributed by atoms with E-state index >= 15 is 0 Å². The monoisotopic (exact) mass is 419 g/mol. The van der Waals surface area contributed by atoms with Gasteiger partial charge in [-0.15, -0.1) is 6.42 Å². The molecule has 0 radical (unpaired) electrons. The standard InChI is InChI=1S/C19H22ClN5O2S/c1-6-13-10-24(5)17-14(8-7-12(2)16(13)17)23-28(21,27)15-9-22-25(18(15)20)19(3,4)11-26/h1,7-10,26H,11H2,2-5H3,(H2,21,23,27). The Labute approximate surface area is 169 Å². The fourth-order valence-electron chi connectivity index (χ4n) is 3.12. The van der Waals surface area contributed by atoms with Crippen molar-refractivity contribution in [2.75, 3.05) is 11.3 Å². The van der Waals surface area contributed by atoms with Crippen LogP contribution in [-0.2, 0) is 22.5 Å². The zero-order valence-corrected chi connectivity index (χ0v) is 17.6. The number of terminal acetylenes is 1. The van der Waals surface area contributed by atoms with Crippen molar-refractivity contribution < 1.29 is 9.32 Å². The van der Waals surface area contributed by atoms with Gasteiger partial charge in [-0.1, -0.05) is 23.6 Å². The van der Waals surface area contributed by atoms with Crippen LogP contribution in [0.5, 0.6) is 0 Å². The van der Waals surface area contributed by atoms with Crippen molar-refractivity contribution in [3.8, 4) is 12.3 Å². The minimum Gasteiger partial charge on any atom is -0.394 e. The number of anilines is 1. The van der Waals surface area contributed by atoms with E-state index < -0.39 is 15.5 Å². The highest BCUT2D eigenvalue weighted by atomic mass is 35.5. The van der Waals surface area contributed by atoms with Crippen LogP contribution in [0.2, 0.25) is 5.15 Å². The van der Waals surface area contributed by atoms with Crippen LogP contribution >= 0.6 is 11.6 Å². The molecule has 9 heteroatoms. The summed E-state index contributed by atoms with van der Waals surface area (Å²) in [5, 5.41) is 14.6. The number of nitrogens with one attached hydrogen (secondary N) is 2. The Hall–Kier alpha value is -2.47. The summed E-state index contributed by atoms with van der Waals surface area (Å²) in [7, 11) is -1.68. The summed E-state index contributed by atoms with van der Waals surface area (Å²) in [5.74, 6) is 2.66. The van der Waals surface area contributed by atoms with E-state index in [2.05, 4.69) is 15.7 Å². The molecule has 0 saturated heterocycles. The van der Waals surface area contributed by atoms with Crippen molar-refractivity contribution in [3.63, 3.8) is 0 Å². The van der Waals surface area contributed by atoms with E-state index in [-0.39, 0.29) is 16.7 Å². The molecular formula is C19H22ClN5O2S. The molecule has 0 aliphatic heterocycles. The second-order valence-corrected chi connectivity index (χ2v) is 9.41. The normalized spacial score (nSPS) is 14.0. The second-order valence-electron chi connectivity index (χ2n) is 7.29. The van der Waals surface area contributed by atoms with E-state index in [0.717, 1.165) is 22.0 Å². The molecule has 0 bridgehead atoms. The van der Waals surface area contributed by atoms with Crippen molar-refractivity contribution in [3.05, 3.63) is 40.8 Å². The number of hydrogen-bond donors (Lipinski definition) is 3. The Morgan fingerprint density at radius 2 is 2.14 bits per heavy atom. The van der Waals surface area contributed by atoms with Crippen LogP contribution in [0.3, 0.4) is 0 Å². The topological polar surface area (TPSA) is 95.9 Å². The maximum Gasteiger partial charge on any atom is 0.161 e. The minimum atomic E-state index is -3.52. The van der Waals surface area contributed by atoms with Gasteiger partial charge in [-0.2, -0.15) is 5.10 Å². The van der Waals surface area contributed by atoms with Crippen molar-refractivity contribution in [1.29, 1.82) is 4.78 Å². The highest BCUT2D eigenvalue weighted by Gasteiger charge is 2.28. The second kappa shape index (κ2) is 6.85. The molecule has 2 aromatic heterocycles. The quantitative estimate of drug-likeness (QED) is 0.552. The number of benzene rings is 1. The van der Waals surface area contributed by atoms with Crippen LogP contribution in [0, 0.1) is 24.0 Å². The SMILES string of the molecule is C#Cc1cn(C)c2c(NS(=N)(=O)c3cnn(C(C)(C)CO)c3Cl)ccc(C)c12. The summed E-state index contributed by atoms with van der Waals surface area (Å²) < 4.78 is 27.7. The molecule has 0 aliphatic rings. The molecule has 0 amide bonds. The van der Waals surface area contributed by atoms with Crippen LogP contribution in [0.1, 0.15) is 25.0 Å². The van der Waals surface area contributed by atoms with E-state index in [1.807, 2.05) is 30.8 Å². The lowest BCUT2D eigenvalue weighted by Gasteiger charge is -2.23. The van der Waals surface area contributed by atoms with Crippen molar-refractivity contribution >= 4 is 38.1 Å². The van der Waals surface area contributed by atoms with E-state index in [4.69, 9.17) is 22.8 Å². The molecule has 2 heterocycles. The number of halogens is 1. The molecule has 0 fully saturated rings. The summed E-state index contributed by atoms with van der Waals surface area (Å²) in [4.78, 5) is 0.0517. The number of fused-ring (bicyclic) bond motifs is 1. The van der Waals surface area contributed by atoms with Gasteiger partial charge in [0.2, 0.25) is 0 Å². The lowest BCUT2D eigenvalue weighted by Crippen LogP contribution is -2.31. The molecule has 0 saturated carbocycles. The molecule has 148 valence electrons. The van der Waals surface area contributed by atoms with Crippen LogP contribution in [0.25, 0.3) is 10.9 Å². The Balaban J connectivity index is 2.12. The average molecular weight is 420 g/mol. The van der Waals surface area contributed by atoms with Gasteiger partial charge in [0.15, 0.2) is 9.92 Å². The molecule has 3 N–H and O–H groups in total. The third kappa shape index (κ3) is 3.15. The zero-order chi connectivity index (χ0) is 20.9. The minimum absolute atomic E-state index is 0.0473. The van der Waals surface area contributed by atoms with Gasteiger partial charge in [-0.3, -0.25) is 4.72 Å². The van der Waals surface area contributed by atoms with Crippen molar-refractivity contribution in [2.24, 2.45) is 7.05 Å². The summed E-state index contributed by atoms with van der Waals surface area (Å²) >= 11 is 6.36. The number of hydrogen-bond acceptors (Lipinski definition) is 4. The Bertz CT molecular complexity index is 1220. The van der Waals surface area contributed by atoms with E-state index in [1.165, 1.54) is 10.9 Å². The molecule has 1 aromatic carbocycles. The Morgan fingerprint density at radius 3 is 2.75 bits per heavy atom. The number of aryl methyl sites for hydroxylation is 2. The smallest absolute Gasteiger partial charge is 0.161 e. The number of aliphatic hydroxyl groups is 1. The molecule has 3 aromatic rings. The molecule has 1 atom stereocenters. The number of nitrogens with zero attached hydrogens (tertiary/aromatic N) is 3. The lowest BCUT2D eigenvalue weighted by molar-refractivity contribution is 0.152. The van der Waals surface area contributed by atoms with Gasteiger partial charge in [0, 0.05) is 18.6 Å². The highest BCUT2D eigenvalue weighted by molar-refractivity contribution is 7.93. The third-order valence-corrected chi connectivity index (χ3v) is 6.59. The van der Waals surface area contributed by atoms with Gasteiger partial charge in [-0.25, -0.2) is 13.7 Å². The van der Waals surface area contributed by atoms with E-state index in [9.17, 15) is 9.32 Å². The number of aliphatic hydroxyl groups excluding tert-OH is 1. The van der Waals surface area contributed by atoms with Crippen LogP contribution in [0.4, 0.5) is 5.69 Å². The average Bonchev–Trinajstić information content (AvgIpc) is 3.19. The summed E-state index contributed by atoms with van der Waals surface area (Å²) in [6, 6.07) is 3.63. The summed E-state index contributed by atoms with van der Waals surface area (Å²) in [5.41, 5.74) is 2.19. The maximum atomic E-state index is 13.2. The number of rotatable bonds is 5. The first-order chi connectivity index (χ1) is 13.0. The Morgan fingerprint density at radius 1 is 1.46 bits per heavy atom. The summed E-state index contributed by atoms with van der Waals surface area (Å²) in [6.07, 6.45) is 8.74. The van der Waals surface area contributed by atoms with Crippen LogP contribution in [-0.4, -0.2) is 30.3 Å². The molecule has 1 unspecified atom stereocenters. The van der Waals surface area contributed by atoms with Crippen LogP contribution < -0.4 is 4.72 Å². The third-order valence-electron chi connectivity index (χ3n) is 4.69. The van der Waals surface area contributed by atoms with Crippen molar-refractivity contribution in [2.45, 2.75) is 31.2 Å². The largest absolute Gasteiger partial charge is 0.394 e. The molecule has 7 nitrogen and oxygen atoms in total. The van der Waals surface area contributed by atoms with Gasteiger partial charge >= 0.3 is 0 Å². The van der Waals surface area contributed by atoms with Gasteiger partial charge in [-0.05, 0) is 32.4 Å².